The zero-order valence-corrected chi connectivity index (χ0v) is 13.0. The molecule has 1 aromatic heterocycles. The van der Waals surface area contributed by atoms with Crippen LogP contribution in [0.25, 0.3) is 0 Å². The second-order valence-electron chi connectivity index (χ2n) is 5.14. The van der Waals surface area contributed by atoms with E-state index in [1.165, 1.54) is 24.3 Å². The van der Waals surface area contributed by atoms with Gasteiger partial charge in [0.25, 0.3) is 5.91 Å². The molecule has 24 heavy (non-hydrogen) atoms. The highest BCUT2D eigenvalue weighted by atomic mass is 19.1. The van der Waals surface area contributed by atoms with Crippen LogP contribution in [-0.4, -0.2) is 23.2 Å². The minimum absolute atomic E-state index is 0.224. The first-order chi connectivity index (χ1) is 11.6. The minimum Gasteiger partial charge on any atom is -0.328 e. The number of carbonyl (C=O) groups excluding carboxylic acids is 1. The van der Waals surface area contributed by atoms with Gasteiger partial charge in [0, 0.05) is 18.3 Å². The summed E-state index contributed by atoms with van der Waals surface area (Å²) in [5.74, 6) is 0.0426. The number of carbonyl (C=O) groups is 1. The summed E-state index contributed by atoms with van der Waals surface area (Å²) in [7, 11) is 1.88. The largest absolute Gasteiger partial charge is 0.328 e. The molecule has 0 unspecified atom stereocenters. The summed E-state index contributed by atoms with van der Waals surface area (Å²) in [6, 6.07) is 18.6. The third kappa shape index (κ3) is 3.55. The van der Waals surface area contributed by atoms with Crippen molar-refractivity contribution in [2.45, 2.75) is 0 Å². The van der Waals surface area contributed by atoms with E-state index < -0.39 is 11.7 Å². The molecule has 0 aliphatic rings. The molecular weight excluding hydrogens is 307 g/mol. The Morgan fingerprint density at radius 2 is 1.79 bits per heavy atom. The van der Waals surface area contributed by atoms with Crippen LogP contribution in [0.3, 0.4) is 0 Å². The molecule has 5 nitrogen and oxygen atoms in total. The van der Waals surface area contributed by atoms with Crippen LogP contribution in [-0.2, 0) is 0 Å². The highest BCUT2D eigenvalue weighted by molar-refractivity contribution is 6.03. The summed E-state index contributed by atoms with van der Waals surface area (Å²) in [4.78, 5) is 13.9. The van der Waals surface area contributed by atoms with Crippen LogP contribution >= 0.6 is 0 Å². The van der Waals surface area contributed by atoms with Crippen molar-refractivity contribution in [1.82, 2.24) is 10.2 Å². The lowest BCUT2D eigenvalue weighted by molar-refractivity contribution is 0.102. The number of anilines is 3. The van der Waals surface area contributed by atoms with Crippen molar-refractivity contribution in [3.05, 3.63) is 78.1 Å². The SMILES string of the molecule is CN(c1ccccc1)c1ccc(NC(=O)c2cccc(F)c2)nn1. The quantitative estimate of drug-likeness (QED) is 0.797. The average Bonchev–Trinajstić information content (AvgIpc) is 2.62. The van der Waals surface area contributed by atoms with Gasteiger partial charge < -0.3 is 10.2 Å². The molecule has 0 aliphatic heterocycles. The topological polar surface area (TPSA) is 58.1 Å². The highest BCUT2D eigenvalue weighted by Crippen LogP contribution is 2.21. The van der Waals surface area contributed by atoms with Crippen LogP contribution in [0.2, 0.25) is 0 Å². The van der Waals surface area contributed by atoms with E-state index in [1.807, 2.05) is 42.3 Å². The zero-order chi connectivity index (χ0) is 16.9. The van der Waals surface area contributed by atoms with E-state index in [1.54, 1.807) is 12.1 Å². The number of halogens is 1. The molecule has 1 heterocycles. The third-order valence-corrected chi connectivity index (χ3v) is 3.47. The summed E-state index contributed by atoms with van der Waals surface area (Å²) in [6.07, 6.45) is 0. The predicted octanol–water partition coefficient (Wildman–Crippen LogP) is 3.64. The molecule has 1 N–H and O–H groups in total. The van der Waals surface area contributed by atoms with Crippen LogP contribution < -0.4 is 10.2 Å². The standard InChI is InChI=1S/C18H15FN4O/c1-23(15-8-3-2-4-9-15)17-11-10-16(21-22-17)20-18(24)13-6-5-7-14(19)12-13/h2-12H,1H3,(H,20,21,24). The molecule has 2 aromatic carbocycles. The number of nitrogens with one attached hydrogen (secondary N) is 1. The lowest BCUT2D eigenvalue weighted by Crippen LogP contribution is -2.15. The van der Waals surface area contributed by atoms with Gasteiger partial charge in [-0.15, -0.1) is 10.2 Å². The van der Waals surface area contributed by atoms with Crippen molar-refractivity contribution in [3.63, 3.8) is 0 Å². The summed E-state index contributed by atoms with van der Waals surface area (Å²) in [6.45, 7) is 0. The minimum atomic E-state index is -0.464. The van der Waals surface area contributed by atoms with Gasteiger partial charge in [-0.25, -0.2) is 4.39 Å². The zero-order valence-electron chi connectivity index (χ0n) is 13.0. The van der Waals surface area contributed by atoms with Gasteiger partial charge in [0.2, 0.25) is 0 Å². The van der Waals surface area contributed by atoms with Crippen molar-refractivity contribution in [3.8, 4) is 0 Å². The number of para-hydroxylation sites is 1. The molecule has 0 saturated carbocycles. The third-order valence-electron chi connectivity index (χ3n) is 3.47. The number of hydrogen-bond acceptors (Lipinski definition) is 4. The van der Waals surface area contributed by atoms with Gasteiger partial charge in [-0.1, -0.05) is 24.3 Å². The first kappa shape index (κ1) is 15.6. The number of hydrogen-bond donors (Lipinski definition) is 1. The lowest BCUT2D eigenvalue weighted by Gasteiger charge is -2.17. The molecule has 0 aliphatic carbocycles. The second kappa shape index (κ2) is 6.87. The average molecular weight is 322 g/mol. The van der Waals surface area contributed by atoms with Crippen molar-refractivity contribution >= 4 is 23.2 Å². The van der Waals surface area contributed by atoms with Crippen LogP contribution in [0.15, 0.2) is 66.7 Å². The first-order valence-electron chi connectivity index (χ1n) is 7.33. The molecule has 0 radical (unpaired) electrons. The van der Waals surface area contributed by atoms with Gasteiger partial charge in [0.05, 0.1) is 0 Å². The monoisotopic (exact) mass is 322 g/mol. The molecule has 0 saturated heterocycles. The van der Waals surface area contributed by atoms with Crippen molar-refractivity contribution < 1.29 is 9.18 Å². The normalized spacial score (nSPS) is 10.2. The van der Waals surface area contributed by atoms with E-state index >= 15 is 0 Å². The lowest BCUT2D eigenvalue weighted by atomic mass is 10.2. The van der Waals surface area contributed by atoms with E-state index in [9.17, 15) is 9.18 Å². The number of benzene rings is 2. The van der Waals surface area contributed by atoms with Crippen LogP contribution in [0.1, 0.15) is 10.4 Å². The Labute approximate surface area is 138 Å². The first-order valence-corrected chi connectivity index (χ1v) is 7.33. The molecule has 3 aromatic rings. The summed E-state index contributed by atoms with van der Waals surface area (Å²) in [5.41, 5.74) is 1.20. The van der Waals surface area contributed by atoms with Crippen LogP contribution in [0, 0.1) is 5.82 Å². The fourth-order valence-corrected chi connectivity index (χ4v) is 2.17. The maximum absolute atomic E-state index is 13.2. The van der Waals surface area contributed by atoms with E-state index in [0.29, 0.717) is 11.6 Å². The van der Waals surface area contributed by atoms with Crippen LogP contribution in [0.4, 0.5) is 21.7 Å². The predicted molar refractivity (Wildman–Crippen MR) is 90.9 cm³/mol. The Morgan fingerprint density at radius 1 is 1.00 bits per heavy atom. The maximum atomic E-state index is 13.2. The van der Waals surface area contributed by atoms with Gasteiger partial charge in [-0.3, -0.25) is 4.79 Å². The van der Waals surface area contributed by atoms with Gasteiger partial charge in [0.15, 0.2) is 11.6 Å². The van der Waals surface area contributed by atoms with E-state index in [2.05, 4.69) is 15.5 Å². The summed E-state index contributed by atoms with van der Waals surface area (Å²) in [5, 5.41) is 10.7. The highest BCUT2D eigenvalue weighted by Gasteiger charge is 2.10. The van der Waals surface area contributed by atoms with Crippen molar-refractivity contribution in [2.24, 2.45) is 0 Å². The van der Waals surface area contributed by atoms with Crippen LogP contribution in [0.5, 0.6) is 0 Å². The molecule has 3 rings (SSSR count). The van der Waals surface area contributed by atoms with Gasteiger partial charge in [-0.2, -0.15) is 0 Å². The fraction of sp³-hybridized carbons (Fsp3) is 0.0556. The van der Waals surface area contributed by atoms with Gasteiger partial charge in [0.1, 0.15) is 5.82 Å². The maximum Gasteiger partial charge on any atom is 0.256 e. The summed E-state index contributed by atoms with van der Waals surface area (Å²) >= 11 is 0. The Balaban J connectivity index is 1.72. The second-order valence-corrected chi connectivity index (χ2v) is 5.14. The molecule has 0 spiro atoms. The fourth-order valence-electron chi connectivity index (χ4n) is 2.17. The molecule has 120 valence electrons. The Hall–Kier alpha value is -3.28. The molecule has 0 bridgehead atoms. The van der Waals surface area contributed by atoms with E-state index in [-0.39, 0.29) is 5.56 Å². The molecule has 6 heteroatoms. The number of amides is 1. The van der Waals surface area contributed by atoms with Crippen molar-refractivity contribution in [1.29, 1.82) is 0 Å². The van der Waals surface area contributed by atoms with E-state index in [0.717, 1.165) is 5.69 Å². The Bertz CT molecular complexity index is 837. The molecule has 0 fully saturated rings. The molecule has 0 atom stereocenters. The number of aromatic nitrogens is 2. The molecule has 1 amide bonds. The smallest absolute Gasteiger partial charge is 0.256 e. The number of nitrogens with zero attached hydrogens (tertiary/aromatic N) is 3. The van der Waals surface area contributed by atoms with Gasteiger partial charge in [-0.05, 0) is 42.5 Å². The summed E-state index contributed by atoms with van der Waals surface area (Å²) < 4.78 is 13.2. The molecular formula is C18H15FN4O. The Kier molecular flexibility index (Phi) is 4.47. The van der Waals surface area contributed by atoms with Gasteiger partial charge >= 0.3 is 0 Å². The van der Waals surface area contributed by atoms with Crippen molar-refractivity contribution in [2.75, 3.05) is 17.3 Å². The van der Waals surface area contributed by atoms with E-state index in [4.69, 9.17) is 0 Å². The Morgan fingerprint density at radius 3 is 2.46 bits per heavy atom. The number of rotatable bonds is 4.